The SMILES string of the molecule is CC(C)Oc1ccccc1Nc1ccc(NC(=O)c2cccs2)cc1. The van der Waals surface area contributed by atoms with E-state index in [1.807, 2.05) is 79.9 Å². The zero-order chi connectivity index (χ0) is 17.6. The number of para-hydroxylation sites is 2. The van der Waals surface area contributed by atoms with Gasteiger partial charge in [0.05, 0.1) is 16.7 Å². The molecule has 1 amide bonds. The summed E-state index contributed by atoms with van der Waals surface area (Å²) in [4.78, 5) is 12.8. The molecule has 0 aliphatic carbocycles. The Labute approximate surface area is 151 Å². The van der Waals surface area contributed by atoms with Crippen LogP contribution in [0.2, 0.25) is 0 Å². The molecule has 2 N–H and O–H groups in total. The van der Waals surface area contributed by atoms with Crippen LogP contribution in [0.5, 0.6) is 5.75 Å². The molecule has 0 saturated heterocycles. The van der Waals surface area contributed by atoms with Crippen molar-refractivity contribution in [2.24, 2.45) is 0 Å². The predicted molar refractivity (Wildman–Crippen MR) is 104 cm³/mol. The Morgan fingerprint density at radius 1 is 0.960 bits per heavy atom. The molecule has 4 nitrogen and oxygen atoms in total. The number of rotatable bonds is 6. The highest BCUT2D eigenvalue weighted by atomic mass is 32.1. The topological polar surface area (TPSA) is 50.4 Å². The molecule has 2 aromatic carbocycles. The van der Waals surface area contributed by atoms with Crippen molar-refractivity contribution in [3.05, 3.63) is 70.9 Å². The molecule has 0 spiro atoms. The van der Waals surface area contributed by atoms with Crippen molar-refractivity contribution in [2.75, 3.05) is 10.6 Å². The number of benzene rings is 2. The number of nitrogens with one attached hydrogen (secondary N) is 2. The van der Waals surface area contributed by atoms with Crippen molar-refractivity contribution in [3.8, 4) is 5.75 Å². The first kappa shape index (κ1) is 17.0. The highest BCUT2D eigenvalue weighted by molar-refractivity contribution is 7.12. The summed E-state index contributed by atoms with van der Waals surface area (Å²) < 4.78 is 5.82. The summed E-state index contributed by atoms with van der Waals surface area (Å²) in [6.45, 7) is 4.00. The third-order valence-electron chi connectivity index (χ3n) is 3.42. The molecule has 0 fully saturated rings. The van der Waals surface area contributed by atoms with E-state index in [1.165, 1.54) is 11.3 Å². The van der Waals surface area contributed by atoms with E-state index >= 15 is 0 Å². The van der Waals surface area contributed by atoms with Crippen molar-refractivity contribution >= 4 is 34.3 Å². The lowest BCUT2D eigenvalue weighted by Gasteiger charge is -2.15. The molecule has 0 saturated carbocycles. The van der Waals surface area contributed by atoms with Gasteiger partial charge in [-0.3, -0.25) is 4.79 Å². The number of amides is 1. The minimum absolute atomic E-state index is 0.0913. The normalized spacial score (nSPS) is 10.5. The third kappa shape index (κ3) is 4.61. The molecule has 0 bridgehead atoms. The summed E-state index contributed by atoms with van der Waals surface area (Å²) in [5.74, 6) is 0.721. The van der Waals surface area contributed by atoms with E-state index in [9.17, 15) is 4.79 Å². The molecule has 0 aliphatic heterocycles. The molecule has 128 valence electrons. The average molecular weight is 352 g/mol. The fourth-order valence-electron chi connectivity index (χ4n) is 2.32. The second-order valence-electron chi connectivity index (χ2n) is 5.80. The van der Waals surface area contributed by atoms with Crippen molar-refractivity contribution in [3.63, 3.8) is 0 Å². The number of anilines is 3. The Hall–Kier alpha value is -2.79. The third-order valence-corrected chi connectivity index (χ3v) is 4.29. The van der Waals surface area contributed by atoms with Crippen molar-refractivity contribution < 1.29 is 9.53 Å². The molecule has 3 aromatic rings. The second-order valence-corrected chi connectivity index (χ2v) is 6.74. The van der Waals surface area contributed by atoms with E-state index < -0.39 is 0 Å². The molecule has 0 unspecified atom stereocenters. The molecule has 1 aromatic heterocycles. The molecular formula is C20H20N2O2S. The molecule has 3 rings (SSSR count). The Bertz CT molecular complexity index is 827. The van der Waals surface area contributed by atoms with E-state index in [0.717, 1.165) is 22.8 Å². The van der Waals surface area contributed by atoms with Gasteiger partial charge < -0.3 is 15.4 Å². The van der Waals surface area contributed by atoms with Crippen molar-refractivity contribution in [1.82, 2.24) is 0 Å². The van der Waals surface area contributed by atoms with Crippen LogP contribution in [0.4, 0.5) is 17.1 Å². The lowest BCUT2D eigenvalue weighted by Crippen LogP contribution is -2.10. The average Bonchev–Trinajstić information content (AvgIpc) is 3.13. The highest BCUT2D eigenvalue weighted by Crippen LogP contribution is 2.28. The minimum atomic E-state index is -0.0913. The zero-order valence-corrected chi connectivity index (χ0v) is 15.0. The molecular weight excluding hydrogens is 332 g/mol. The monoisotopic (exact) mass is 352 g/mol. The fraction of sp³-hybridized carbons (Fsp3) is 0.150. The Kier molecular flexibility index (Phi) is 5.36. The summed E-state index contributed by atoms with van der Waals surface area (Å²) in [5, 5.41) is 8.13. The number of hydrogen-bond acceptors (Lipinski definition) is 4. The largest absolute Gasteiger partial charge is 0.489 e. The standard InChI is InChI=1S/C20H20N2O2S/c1-14(2)24-18-7-4-3-6-17(18)21-15-9-11-16(12-10-15)22-20(23)19-8-5-13-25-19/h3-14,21H,1-2H3,(H,22,23). The summed E-state index contributed by atoms with van der Waals surface area (Å²) >= 11 is 1.42. The van der Waals surface area contributed by atoms with Crippen LogP contribution in [0, 0.1) is 0 Å². The van der Waals surface area contributed by atoms with Crippen molar-refractivity contribution in [2.45, 2.75) is 20.0 Å². The maximum absolute atomic E-state index is 12.1. The van der Waals surface area contributed by atoms with Gasteiger partial charge in [0.2, 0.25) is 0 Å². The van der Waals surface area contributed by atoms with Crippen LogP contribution >= 0.6 is 11.3 Å². The summed E-state index contributed by atoms with van der Waals surface area (Å²) in [5.41, 5.74) is 2.59. The zero-order valence-electron chi connectivity index (χ0n) is 14.2. The molecule has 1 heterocycles. The number of hydrogen-bond donors (Lipinski definition) is 2. The minimum Gasteiger partial charge on any atom is -0.489 e. The molecule has 0 atom stereocenters. The van der Waals surface area contributed by atoms with Gasteiger partial charge in [-0.1, -0.05) is 18.2 Å². The first-order chi connectivity index (χ1) is 12.1. The maximum atomic E-state index is 12.1. The molecule has 5 heteroatoms. The van der Waals surface area contributed by atoms with Gasteiger partial charge in [0.1, 0.15) is 5.75 Å². The van der Waals surface area contributed by atoms with Gasteiger partial charge in [0, 0.05) is 11.4 Å². The number of carbonyl (C=O) groups is 1. The van der Waals surface area contributed by atoms with Crippen LogP contribution in [0.25, 0.3) is 0 Å². The molecule has 0 radical (unpaired) electrons. The smallest absolute Gasteiger partial charge is 0.265 e. The van der Waals surface area contributed by atoms with Crippen LogP contribution in [0.3, 0.4) is 0 Å². The van der Waals surface area contributed by atoms with E-state index in [4.69, 9.17) is 4.74 Å². The van der Waals surface area contributed by atoms with Gasteiger partial charge in [-0.05, 0) is 61.7 Å². The molecule has 0 aliphatic rings. The summed E-state index contributed by atoms with van der Waals surface area (Å²) in [7, 11) is 0. The number of thiophene rings is 1. The van der Waals surface area contributed by atoms with Crippen LogP contribution in [-0.2, 0) is 0 Å². The first-order valence-corrected chi connectivity index (χ1v) is 8.97. The van der Waals surface area contributed by atoms with Crippen LogP contribution in [-0.4, -0.2) is 12.0 Å². The van der Waals surface area contributed by atoms with Gasteiger partial charge in [-0.15, -0.1) is 11.3 Å². The lowest BCUT2D eigenvalue weighted by atomic mass is 10.2. The fourth-order valence-corrected chi connectivity index (χ4v) is 2.94. The summed E-state index contributed by atoms with van der Waals surface area (Å²) in [6, 6.07) is 19.1. The Morgan fingerprint density at radius 2 is 1.68 bits per heavy atom. The van der Waals surface area contributed by atoms with Crippen molar-refractivity contribution in [1.29, 1.82) is 0 Å². The first-order valence-electron chi connectivity index (χ1n) is 8.09. The van der Waals surface area contributed by atoms with Gasteiger partial charge in [-0.25, -0.2) is 0 Å². The Balaban J connectivity index is 1.68. The second kappa shape index (κ2) is 7.85. The lowest BCUT2D eigenvalue weighted by molar-refractivity contribution is 0.103. The van der Waals surface area contributed by atoms with Gasteiger partial charge >= 0.3 is 0 Å². The Morgan fingerprint density at radius 3 is 2.36 bits per heavy atom. The van der Waals surface area contributed by atoms with E-state index in [1.54, 1.807) is 0 Å². The quantitative estimate of drug-likeness (QED) is 0.613. The van der Waals surface area contributed by atoms with E-state index in [2.05, 4.69) is 10.6 Å². The highest BCUT2D eigenvalue weighted by Gasteiger charge is 2.08. The van der Waals surface area contributed by atoms with Gasteiger partial charge in [0.25, 0.3) is 5.91 Å². The van der Waals surface area contributed by atoms with E-state index in [0.29, 0.717) is 4.88 Å². The van der Waals surface area contributed by atoms with Gasteiger partial charge in [-0.2, -0.15) is 0 Å². The predicted octanol–water partition coefficient (Wildman–Crippen LogP) is 5.53. The van der Waals surface area contributed by atoms with Crippen LogP contribution < -0.4 is 15.4 Å². The van der Waals surface area contributed by atoms with Gasteiger partial charge in [0.15, 0.2) is 0 Å². The number of carbonyl (C=O) groups excluding carboxylic acids is 1. The number of ether oxygens (including phenoxy) is 1. The molecule has 25 heavy (non-hydrogen) atoms. The van der Waals surface area contributed by atoms with Crippen LogP contribution in [0.15, 0.2) is 66.0 Å². The van der Waals surface area contributed by atoms with Crippen LogP contribution in [0.1, 0.15) is 23.5 Å². The summed E-state index contributed by atoms with van der Waals surface area (Å²) in [6.07, 6.45) is 0.109. The van der Waals surface area contributed by atoms with E-state index in [-0.39, 0.29) is 12.0 Å². The maximum Gasteiger partial charge on any atom is 0.265 e.